The molecule has 1 saturated heterocycles. The lowest BCUT2D eigenvalue weighted by Gasteiger charge is -2.39. The van der Waals surface area contributed by atoms with Crippen molar-refractivity contribution in [1.29, 1.82) is 0 Å². The minimum Gasteiger partial charge on any atom is -0.355 e. The fraction of sp³-hybridized carbons (Fsp3) is 0.393. The Morgan fingerprint density at radius 2 is 1.89 bits per heavy atom. The van der Waals surface area contributed by atoms with Crippen LogP contribution in [0.15, 0.2) is 42.7 Å². The number of nitrogens with one attached hydrogen (secondary N) is 1. The van der Waals surface area contributed by atoms with Crippen molar-refractivity contribution in [1.82, 2.24) is 34.8 Å². The summed E-state index contributed by atoms with van der Waals surface area (Å²) in [6.07, 6.45) is 8.04. The van der Waals surface area contributed by atoms with Gasteiger partial charge in [-0.15, -0.1) is 10.2 Å². The van der Waals surface area contributed by atoms with Crippen molar-refractivity contribution in [2.45, 2.75) is 39.5 Å². The van der Waals surface area contributed by atoms with E-state index in [-0.39, 0.29) is 5.41 Å². The monoisotopic (exact) mass is 508 g/mol. The van der Waals surface area contributed by atoms with Crippen molar-refractivity contribution in [3.8, 4) is 11.1 Å². The van der Waals surface area contributed by atoms with Crippen LogP contribution >= 0.6 is 0 Å². The van der Waals surface area contributed by atoms with Gasteiger partial charge in [0.2, 0.25) is 0 Å². The predicted octanol–water partition coefficient (Wildman–Crippen LogP) is 4.02. The number of benzene rings is 1. The zero-order chi connectivity index (χ0) is 25.9. The van der Waals surface area contributed by atoms with E-state index in [1.807, 2.05) is 23.7 Å². The lowest BCUT2D eigenvalue weighted by molar-refractivity contribution is 0.258. The summed E-state index contributed by atoms with van der Waals surface area (Å²) in [5.74, 6) is 2.60. The molecule has 10 heteroatoms. The van der Waals surface area contributed by atoms with Crippen molar-refractivity contribution in [2.24, 2.45) is 11.1 Å². The van der Waals surface area contributed by atoms with Crippen molar-refractivity contribution in [3.63, 3.8) is 0 Å². The van der Waals surface area contributed by atoms with E-state index in [2.05, 4.69) is 62.4 Å². The molecule has 0 spiro atoms. The molecule has 4 aromatic heterocycles. The molecule has 5 aromatic rings. The van der Waals surface area contributed by atoms with Gasteiger partial charge in [0.25, 0.3) is 0 Å². The molecular formula is C28H32N10. The molecule has 1 fully saturated rings. The number of aromatic amines is 1. The Kier molecular flexibility index (Phi) is 5.33. The van der Waals surface area contributed by atoms with Gasteiger partial charge in [0.15, 0.2) is 22.6 Å². The summed E-state index contributed by atoms with van der Waals surface area (Å²) in [5.41, 5.74) is 13.3. The first kappa shape index (κ1) is 23.1. The Hall–Kier alpha value is -4.05. The zero-order valence-corrected chi connectivity index (χ0v) is 21.9. The fourth-order valence-electron chi connectivity index (χ4n) is 5.94. The molecule has 0 radical (unpaired) electrons. The first-order valence-electron chi connectivity index (χ1n) is 13.4. The highest BCUT2D eigenvalue weighted by atomic mass is 15.3. The second-order valence-corrected chi connectivity index (χ2v) is 10.9. The third-order valence-electron chi connectivity index (χ3n) is 8.43. The van der Waals surface area contributed by atoms with Gasteiger partial charge in [-0.3, -0.25) is 9.50 Å². The molecule has 0 atom stereocenters. The van der Waals surface area contributed by atoms with Gasteiger partial charge in [-0.2, -0.15) is 5.10 Å². The molecule has 7 rings (SSSR count). The minimum atomic E-state index is 0.216. The van der Waals surface area contributed by atoms with E-state index < -0.39 is 0 Å². The van der Waals surface area contributed by atoms with E-state index >= 15 is 0 Å². The van der Waals surface area contributed by atoms with Gasteiger partial charge in [0, 0.05) is 37.1 Å². The van der Waals surface area contributed by atoms with Crippen molar-refractivity contribution < 1.29 is 0 Å². The standard InChI is InChI=1S/C28H32N10/c1-18-32-34-26-21(8-5-12-37(18)26)19-6-3-9-22-20(19)7-4-13-38(22)27-24-25(33-35-27)31-23(16-30-24)36-14-10-28(2,17-29)11-15-36/h3,5-6,8-9,12,16H,4,7,10-11,13-15,17,29H2,1-2H3,(H,31,33,35). The van der Waals surface area contributed by atoms with Gasteiger partial charge >= 0.3 is 0 Å². The van der Waals surface area contributed by atoms with Gasteiger partial charge in [0.05, 0.1) is 6.20 Å². The quantitative estimate of drug-likeness (QED) is 0.374. The Morgan fingerprint density at radius 1 is 1.05 bits per heavy atom. The number of fused-ring (bicyclic) bond motifs is 3. The summed E-state index contributed by atoms with van der Waals surface area (Å²) in [6.45, 7) is 7.73. The number of aryl methyl sites for hydroxylation is 1. The fourth-order valence-corrected chi connectivity index (χ4v) is 5.94. The van der Waals surface area contributed by atoms with Crippen LogP contribution in [-0.2, 0) is 6.42 Å². The van der Waals surface area contributed by atoms with E-state index in [4.69, 9.17) is 20.8 Å². The van der Waals surface area contributed by atoms with E-state index in [1.165, 1.54) is 11.1 Å². The average molecular weight is 509 g/mol. The van der Waals surface area contributed by atoms with E-state index in [9.17, 15) is 0 Å². The maximum atomic E-state index is 6.00. The maximum Gasteiger partial charge on any atom is 0.183 e. The molecule has 1 aromatic carbocycles. The van der Waals surface area contributed by atoms with Crippen LogP contribution in [0.1, 0.15) is 37.6 Å². The first-order chi connectivity index (χ1) is 18.5. The molecule has 2 aliphatic heterocycles. The van der Waals surface area contributed by atoms with Crippen LogP contribution in [0.25, 0.3) is 27.9 Å². The molecule has 194 valence electrons. The number of pyridine rings is 1. The number of nitrogens with zero attached hydrogens (tertiary/aromatic N) is 8. The Bertz CT molecular complexity index is 1640. The second-order valence-electron chi connectivity index (χ2n) is 10.9. The number of hydrogen-bond acceptors (Lipinski definition) is 8. The Balaban J connectivity index is 1.24. The Labute approximate surface area is 220 Å². The van der Waals surface area contributed by atoms with Crippen LogP contribution in [0.4, 0.5) is 17.3 Å². The highest BCUT2D eigenvalue weighted by Crippen LogP contribution is 2.41. The molecular weight excluding hydrogens is 476 g/mol. The molecule has 38 heavy (non-hydrogen) atoms. The van der Waals surface area contributed by atoms with Gasteiger partial charge in [0.1, 0.15) is 11.6 Å². The molecule has 2 aliphatic rings. The minimum absolute atomic E-state index is 0.216. The van der Waals surface area contributed by atoms with E-state index in [0.717, 1.165) is 97.4 Å². The normalized spacial score (nSPS) is 17.3. The molecule has 0 unspecified atom stereocenters. The third kappa shape index (κ3) is 3.62. The van der Waals surface area contributed by atoms with Gasteiger partial charge in [-0.05, 0) is 73.9 Å². The lowest BCUT2D eigenvalue weighted by Crippen LogP contribution is -2.42. The van der Waals surface area contributed by atoms with E-state index in [0.29, 0.717) is 0 Å². The lowest BCUT2D eigenvalue weighted by atomic mass is 9.80. The van der Waals surface area contributed by atoms with Gasteiger partial charge < -0.3 is 15.5 Å². The highest BCUT2D eigenvalue weighted by Gasteiger charge is 2.30. The largest absolute Gasteiger partial charge is 0.355 e. The number of anilines is 3. The second kappa shape index (κ2) is 8.76. The summed E-state index contributed by atoms with van der Waals surface area (Å²) < 4.78 is 2.04. The van der Waals surface area contributed by atoms with Crippen molar-refractivity contribution in [2.75, 3.05) is 36.0 Å². The van der Waals surface area contributed by atoms with Crippen molar-refractivity contribution >= 4 is 34.1 Å². The smallest absolute Gasteiger partial charge is 0.183 e. The van der Waals surface area contributed by atoms with Crippen LogP contribution in [0.3, 0.4) is 0 Å². The summed E-state index contributed by atoms with van der Waals surface area (Å²) >= 11 is 0. The summed E-state index contributed by atoms with van der Waals surface area (Å²) in [6, 6.07) is 10.7. The van der Waals surface area contributed by atoms with E-state index in [1.54, 1.807) is 0 Å². The number of piperidine rings is 1. The van der Waals surface area contributed by atoms with Crippen molar-refractivity contribution in [3.05, 3.63) is 54.1 Å². The molecule has 10 nitrogen and oxygen atoms in total. The SMILES string of the molecule is Cc1nnc2c(-c3cccc4c3CCCN4c3n[nH]c4nc(N5CCC(C)(CN)CC5)cnc34)cccn12. The molecule has 0 saturated carbocycles. The molecule has 0 aliphatic carbocycles. The molecule has 6 heterocycles. The van der Waals surface area contributed by atoms with Crippen LogP contribution in [0.5, 0.6) is 0 Å². The van der Waals surface area contributed by atoms with Crippen LogP contribution in [0.2, 0.25) is 0 Å². The highest BCUT2D eigenvalue weighted by molar-refractivity contribution is 5.90. The van der Waals surface area contributed by atoms with Gasteiger partial charge in [-0.1, -0.05) is 19.1 Å². The third-order valence-corrected chi connectivity index (χ3v) is 8.43. The molecule has 0 amide bonds. The number of hydrogen-bond donors (Lipinski definition) is 2. The Morgan fingerprint density at radius 3 is 2.74 bits per heavy atom. The topological polar surface area (TPSA) is 117 Å². The zero-order valence-electron chi connectivity index (χ0n) is 21.9. The molecule has 3 N–H and O–H groups in total. The molecule has 0 bridgehead atoms. The van der Waals surface area contributed by atoms with Crippen LogP contribution < -0.4 is 15.5 Å². The summed E-state index contributed by atoms with van der Waals surface area (Å²) in [4.78, 5) is 14.4. The summed E-state index contributed by atoms with van der Waals surface area (Å²) in [5, 5.41) is 16.6. The number of rotatable bonds is 4. The van der Waals surface area contributed by atoms with Crippen LogP contribution in [0, 0.1) is 12.3 Å². The number of H-pyrrole nitrogens is 1. The average Bonchev–Trinajstić information content (AvgIpc) is 3.56. The van der Waals surface area contributed by atoms with Crippen LogP contribution in [-0.4, -0.2) is 60.9 Å². The summed E-state index contributed by atoms with van der Waals surface area (Å²) in [7, 11) is 0. The first-order valence-corrected chi connectivity index (χ1v) is 13.4. The maximum absolute atomic E-state index is 6.00. The van der Waals surface area contributed by atoms with Gasteiger partial charge in [-0.25, -0.2) is 9.97 Å². The predicted molar refractivity (Wildman–Crippen MR) is 149 cm³/mol. The number of aromatic nitrogens is 7. The number of nitrogens with two attached hydrogens (primary N) is 1.